The van der Waals surface area contributed by atoms with Crippen LogP contribution in [0.15, 0.2) is 40.8 Å². The van der Waals surface area contributed by atoms with Crippen LogP contribution in [0.2, 0.25) is 0 Å². The Morgan fingerprint density at radius 2 is 1.92 bits per heavy atom. The van der Waals surface area contributed by atoms with Gasteiger partial charge in [0, 0.05) is 13.0 Å². The summed E-state index contributed by atoms with van der Waals surface area (Å²) >= 11 is 0. The lowest BCUT2D eigenvalue weighted by Gasteiger charge is -2.05. The van der Waals surface area contributed by atoms with Crippen LogP contribution in [-0.4, -0.2) is 32.2 Å². The number of ether oxygens (including phenoxy) is 2. The summed E-state index contributed by atoms with van der Waals surface area (Å²) in [6.45, 7) is 3.12. The Kier molecular flexibility index (Phi) is 7.89. The van der Waals surface area contributed by atoms with Gasteiger partial charge in [-0.2, -0.15) is 0 Å². The van der Waals surface area contributed by atoms with E-state index in [1.807, 2.05) is 18.2 Å². The third-order valence-corrected chi connectivity index (χ3v) is 3.90. The van der Waals surface area contributed by atoms with Gasteiger partial charge in [0.2, 0.25) is 5.91 Å². The highest BCUT2D eigenvalue weighted by molar-refractivity contribution is 5.90. The highest BCUT2D eigenvalue weighted by Crippen LogP contribution is 2.15. The molecule has 140 valence electrons. The quantitative estimate of drug-likeness (QED) is 0.521. The molecule has 0 atom stereocenters. The van der Waals surface area contributed by atoms with Crippen molar-refractivity contribution < 1.29 is 23.5 Å². The number of rotatable bonds is 10. The maximum Gasteiger partial charge on any atom is 0.341 e. The molecule has 1 amide bonds. The van der Waals surface area contributed by atoms with Crippen molar-refractivity contribution in [1.82, 2.24) is 5.32 Å². The smallest absolute Gasteiger partial charge is 0.341 e. The predicted octanol–water partition coefficient (Wildman–Crippen LogP) is 3.03. The van der Waals surface area contributed by atoms with E-state index in [0.29, 0.717) is 43.1 Å². The summed E-state index contributed by atoms with van der Waals surface area (Å²) in [7, 11) is 1.32. The minimum absolute atomic E-state index is 0.0784. The first-order valence-electron chi connectivity index (χ1n) is 8.66. The van der Waals surface area contributed by atoms with Crippen molar-refractivity contribution in [2.75, 3.05) is 20.3 Å². The topological polar surface area (TPSA) is 77.8 Å². The van der Waals surface area contributed by atoms with E-state index in [4.69, 9.17) is 9.15 Å². The molecule has 0 aliphatic heterocycles. The van der Waals surface area contributed by atoms with Crippen LogP contribution in [0.3, 0.4) is 0 Å². The number of benzene rings is 1. The zero-order valence-corrected chi connectivity index (χ0v) is 15.2. The molecule has 1 aromatic carbocycles. The molecule has 0 saturated heterocycles. The van der Waals surface area contributed by atoms with Crippen LogP contribution >= 0.6 is 0 Å². The number of furan rings is 1. The standard InChI is InChI=1S/C20H25NO5/c1-15-18(20(23)24-2)13-17(26-15)14-21-19(22)9-6-11-25-12-10-16-7-4-3-5-8-16/h3-5,7-8,13H,6,9-12,14H2,1-2H3,(H,21,22). The molecule has 0 aliphatic rings. The highest BCUT2D eigenvalue weighted by atomic mass is 16.5. The lowest BCUT2D eigenvalue weighted by molar-refractivity contribution is -0.121. The third kappa shape index (κ3) is 6.37. The van der Waals surface area contributed by atoms with E-state index in [-0.39, 0.29) is 12.5 Å². The van der Waals surface area contributed by atoms with Gasteiger partial charge in [-0.05, 0) is 31.4 Å². The van der Waals surface area contributed by atoms with E-state index >= 15 is 0 Å². The van der Waals surface area contributed by atoms with Crippen LogP contribution in [0.4, 0.5) is 0 Å². The van der Waals surface area contributed by atoms with Crippen molar-refractivity contribution in [3.05, 3.63) is 59.0 Å². The average Bonchev–Trinajstić information content (AvgIpc) is 3.03. The summed E-state index contributed by atoms with van der Waals surface area (Å²) < 4.78 is 15.7. The van der Waals surface area contributed by atoms with Crippen molar-refractivity contribution in [2.24, 2.45) is 0 Å². The SMILES string of the molecule is COC(=O)c1cc(CNC(=O)CCCOCCc2ccccc2)oc1C. The van der Waals surface area contributed by atoms with Crippen molar-refractivity contribution in [3.8, 4) is 0 Å². The molecule has 0 fully saturated rings. The van der Waals surface area contributed by atoms with Gasteiger partial charge < -0.3 is 19.2 Å². The molecule has 2 rings (SSSR count). The fraction of sp³-hybridized carbons (Fsp3) is 0.400. The summed E-state index contributed by atoms with van der Waals surface area (Å²) in [5.41, 5.74) is 1.62. The first kappa shape index (κ1) is 19.7. The molecule has 0 aliphatic carbocycles. The number of carbonyl (C=O) groups is 2. The zero-order valence-electron chi connectivity index (χ0n) is 15.2. The molecular weight excluding hydrogens is 334 g/mol. The molecule has 1 aromatic heterocycles. The van der Waals surface area contributed by atoms with Gasteiger partial charge in [0.25, 0.3) is 0 Å². The second-order valence-corrected chi connectivity index (χ2v) is 5.90. The third-order valence-electron chi connectivity index (χ3n) is 3.90. The van der Waals surface area contributed by atoms with Gasteiger partial charge in [-0.15, -0.1) is 0 Å². The first-order chi connectivity index (χ1) is 12.6. The minimum Gasteiger partial charge on any atom is -0.465 e. The molecular formula is C20H25NO5. The maximum absolute atomic E-state index is 11.9. The van der Waals surface area contributed by atoms with Crippen LogP contribution in [-0.2, 0) is 27.2 Å². The Morgan fingerprint density at radius 1 is 1.15 bits per heavy atom. The second-order valence-electron chi connectivity index (χ2n) is 5.90. The Balaban J connectivity index is 1.58. The molecule has 0 bridgehead atoms. The van der Waals surface area contributed by atoms with Crippen LogP contribution < -0.4 is 5.32 Å². The number of esters is 1. The molecule has 1 heterocycles. The van der Waals surface area contributed by atoms with Gasteiger partial charge in [-0.1, -0.05) is 30.3 Å². The molecule has 0 radical (unpaired) electrons. The first-order valence-corrected chi connectivity index (χ1v) is 8.66. The van der Waals surface area contributed by atoms with Crippen LogP contribution in [0.5, 0.6) is 0 Å². The summed E-state index contributed by atoms with van der Waals surface area (Å²) in [4.78, 5) is 23.4. The van der Waals surface area contributed by atoms with Crippen molar-refractivity contribution in [2.45, 2.75) is 32.7 Å². The fourth-order valence-corrected chi connectivity index (χ4v) is 2.49. The zero-order chi connectivity index (χ0) is 18.8. The lowest BCUT2D eigenvalue weighted by Crippen LogP contribution is -2.22. The summed E-state index contributed by atoms with van der Waals surface area (Å²) in [6.07, 6.45) is 1.91. The Labute approximate surface area is 153 Å². The molecule has 2 aromatic rings. The number of hydrogen-bond donors (Lipinski definition) is 1. The van der Waals surface area contributed by atoms with E-state index in [1.54, 1.807) is 13.0 Å². The van der Waals surface area contributed by atoms with E-state index in [9.17, 15) is 9.59 Å². The van der Waals surface area contributed by atoms with Gasteiger partial charge in [-0.25, -0.2) is 4.79 Å². The maximum atomic E-state index is 11.9. The fourth-order valence-electron chi connectivity index (χ4n) is 2.49. The molecule has 0 saturated carbocycles. The van der Waals surface area contributed by atoms with Crippen molar-refractivity contribution in [1.29, 1.82) is 0 Å². The number of hydrogen-bond acceptors (Lipinski definition) is 5. The molecule has 0 spiro atoms. The Morgan fingerprint density at radius 3 is 2.65 bits per heavy atom. The number of carbonyl (C=O) groups excluding carboxylic acids is 2. The number of nitrogens with one attached hydrogen (secondary N) is 1. The number of amides is 1. The van der Waals surface area contributed by atoms with Gasteiger partial charge in [0.15, 0.2) is 0 Å². The summed E-state index contributed by atoms with van der Waals surface area (Å²) in [5, 5.41) is 2.77. The number of methoxy groups -OCH3 is 1. The van der Waals surface area contributed by atoms with E-state index in [2.05, 4.69) is 22.2 Å². The van der Waals surface area contributed by atoms with Crippen LogP contribution in [0.1, 0.15) is 40.3 Å². The minimum atomic E-state index is -0.448. The van der Waals surface area contributed by atoms with Crippen molar-refractivity contribution >= 4 is 11.9 Å². The summed E-state index contributed by atoms with van der Waals surface area (Å²) in [5.74, 6) is 0.477. The number of aryl methyl sites for hydroxylation is 1. The van der Waals surface area contributed by atoms with E-state index in [1.165, 1.54) is 12.7 Å². The van der Waals surface area contributed by atoms with Gasteiger partial charge in [-0.3, -0.25) is 4.79 Å². The Hall–Kier alpha value is -2.60. The van der Waals surface area contributed by atoms with E-state index in [0.717, 1.165) is 6.42 Å². The van der Waals surface area contributed by atoms with Crippen LogP contribution in [0, 0.1) is 6.92 Å². The normalized spacial score (nSPS) is 10.5. The molecule has 26 heavy (non-hydrogen) atoms. The molecule has 6 nitrogen and oxygen atoms in total. The predicted molar refractivity (Wildman–Crippen MR) is 96.8 cm³/mol. The highest BCUT2D eigenvalue weighted by Gasteiger charge is 2.15. The molecule has 0 unspecified atom stereocenters. The molecule has 1 N–H and O–H groups in total. The van der Waals surface area contributed by atoms with Gasteiger partial charge in [0.05, 0.1) is 20.3 Å². The van der Waals surface area contributed by atoms with Gasteiger partial charge >= 0.3 is 5.97 Å². The van der Waals surface area contributed by atoms with E-state index < -0.39 is 5.97 Å². The Bertz CT molecular complexity index is 708. The molecule has 6 heteroatoms. The van der Waals surface area contributed by atoms with Crippen molar-refractivity contribution in [3.63, 3.8) is 0 Å². The monoisotopic (exact) mass is 359 g/mol. The van der Waals surface area contributed by atoms with Crippen LogP contribution in [0.25, 0.3) is 0 Å². The lowest BCUT2D eigenvalue weighted by atomic mass is 10.2. The van der Waals surface area contributed by atoms with Gasteiger partial charge in [0.1, 0.15) is 17.1 Å². The summed E-state index contributed by atoms with van der Waals surface area (Å²) in [6, 6.07) is 11.7. The second kappa shape index (κ2) is 10.4. The average molecular weight is 359 g/mol. The largest absolute Gasteiger partial charge is 0.465 e.